The van der Waals surface area contributed by atoms with Crippen molar-refractivity contribution < 1.29 is 14.5 Å². The summed E-state index contributed by atoms with van der Waals surface area (Å²) in [5.74, 6) is 0.0331. The molecular weight excluding hydrogens is 432 g/mol. The smallest absolute Gasteiger partial charge is 0.293 e. The number of hydrazone groups is 1. The van der Waals surface area contributed by atoms with Crippen LogP contribution in [0.25, 0.3) is 5.82 Å². The topological polar surface area (TPSA) is 157 Å². The number of nitrogens with zero attached hydrogens (tertiary/aromatic N) is 6. The van der Waals surface area contributed by atoms with Crippen LogP contribution in [-0.4, -0.2) is 42.5 Å². The van der Waals surface area contributed by atoms with E-state index in [1.165, 1.54) is 34.8 Å². The van der Waals surface area contributed by atoms with E-state index in [0.717, 1.165) is 10.5 Å². The highest BCUT2D eigenvalue weighted by atomic mass is 32.2. The third-order valence-corrected chi connectivity index (χ3v) is 5.34. The van der Waals surface area contributed by atoms with E-state index in [1.54, 1.807) is 12.1 Å². The van der Waals surface area contributed by atoms with Gasteiger partial charge in [0.1, 0.15) is 5.75 Å². The summed E-state index contributed by atoms with van der Waals surface area (Å²) in [4.78, 5) is 13.8. The van der Waals surface area contributed by atoms with Crippen LogP contribution in [0, 0.1) is 6.92 Å². The fraction of sp³-hybridized carbons (Fsp3) is 0.100. The number of aromatic hydroxyl groups is 1. The molecule has 0 unspecified atom stereocenters. The first kappa shape index (κ1) is 21.1. The average molecular weight is 450 g/mol. The van der Waals surface area contributed by atoms with Crippen LogP contribution in [0.3, 0.4) is 0 Å². The maximum absolute atomic E-state index is 12.8. The molecule has 0 fully saturated rings. The highest BCUT2D eigenvalue weighted by molar-refractivity contribution is 7.98. The van der Waals surface area contributed by atoms with Crippen molar-refractivity contribution >= 4 is 29.7 Å². The standard InChI is InChI=1S/C20H18N8O3S/c1-12-5-7-15(8-6-12)32-11-16-17(23-27-28(16)19-18(21)25-31-26-19)20(30)24-22-10-13-3-2-4-14(29)9-13/h2-10,29H,11H2,1H3,(H2,21,25)(H,24,30)/b22-10-. The Bertz CT molecular complexity index is 1270. The van der Waals surface area contributed by atoms with Gasteiger partial charge in [-0.1, -0.05) is 35.0 Å². The molecule has 0 saturated heterocycles. The zero-order valence-corrected chi connectivity index (χ0v) is 17.7. The van der Waals surface area contributed by atoms with Gasteiger partial charge in [-0.05, 0) is 47.1 Å². The molecule has 0 spiro atoms. The first-order valence-corrected chi connectivity index (χ1v) is 10.3. The Morgan fingerprint density at radius 1 is 1.28 bits per heavy atom. The number of carbonyl (C=O) groups excluding carboxylic acids is 1. The summed E-state index contributed by atoms with van der Waals surface area (Å²) < 4.78 is 5.98. The number of hydrogen-bond donors (Lipinski definition) is 3. The fourth-order valence-corrected chi connectivity index (χ4v) is 3.62. The number of nitrogens with two attached hydrogens (primary N) is 1. The van der Waals surface area contributed by atoms with Crippen LogP contribution < -0.4 is 11.2 Å². The minimum Gasteiger partial charge on any atom is -0.508 e. The normalized spacial score (nSPS) is 11.2. The molecule has 0 aliphatic heterocycles. The number of carbonyl (C=O) groups is 1. The Kier molecular flexibility index (Phi) is 6.12. The third kappa shape index (κ3) is 4.75. The molecule has 0 saturated carbocycles. The second-order valence-electron chi connectivity index (χ2n) is 6.67. The van der Waals surface area contributed by atoms with Crippen molar-refractivity contribution in [3.8, 4) is 11.6 Å². The van der Waals surface area contributed by atoms with Gasteiger partial charge in [-0.3, -0.25) is 4.79 Å². The van der Waals surface area contributed by atoms with Crippen LogP contribution in [0.15, 0.2) is 63.2 Å². The van der Waals surface area contributed by atoms with E-state index in [2.05, 4.69) is 35.8 Å². The van der Waals surface area contributed by atoms with Crippen molar-refractivity contribution in [1.29, 1.82) is 0 Å². The molecule has 4 N–H and O–H groups in total. The van der Waals surface area contributed by atoms with E-state index in [0.29, 0.717) is 17.0 Å². The highest BCUT2D eigenvalue weighted by Gasteiger charge is 2.24. The van der Waals surface area contributed by atoms with E-state index in [-0.39, 0.29) is 23.1 Å². The van der Waals surface area contributed by atoms with E-state index in [4.69, 9.17) is 5.73 Å². The summed E-state index contributed by atoms with van der Waals surface area (Å²) >= 11 is 1.49. The number of benzene rings is 2. The largest absolute Gasteiger partial charge is 0.508 e. The molecule has 4 rings (SSSR count). The van der Waals surface area contributed by atoms with Crippen molar-refractivity contribution in [2.24, 2.45) is 5.10 Å². The number of hydrogen-bond acceptors (Lipinski definition) is 10. The molecule has 2 aromatic carbocycles. The lowest BCUT2D eigenvalue weighted by molar-refractivity contribution is 0.0949. The minimum absolute atomic E-state index is 0.0188. The number of phenolic OH excluding ortho intramolecular Hbond substituents is 1. The number of thioether (sulfide) groups is 1. The number of rotatable bonds is 7. The Balaban J connectivity index is 1.57. The number of nitrogens with one attached hydrogen (secondary N) is 1. The van der Waals surface area contributed by atoms with E-state index in [1.807, 2.05) is 31.2 Å². The zero-order valence-electron chi connectivity index (χ0n) is 16.8. The Morgan fingerprint density at radius 3 is 2.81 bits per heavy atom. The molecule has 0 atom stereocenters. The third-order valence-electron chi connectivity index (χ3n) is 4.32. The van der Waals surface area contributed by atoms with Crippen LogP contribution in [0.2, 0.25) is 0 Å². The Hall–Kier alpha value is -4.19. The van der Waals surface area contributed by atoms with E-state index < -0.39 is 5.91 Å². The lowest BCUT2D eigenvalue weighted by atomic mass is 10.2. The molecule has 0 bridgehead atoms. The highest BCUT2D eigenvalue weighted by Crippen LogP contribution is 2.26. The number of aromatic nitrogens is 5. The fourth-order valence-electron chi connectivity index (χ4n) is 2.73. The van der Waals surface area contributed by atoms with Crippen LogP contribution >= 0.6 is 11.8 Å². The summed E-state index contributed by atoms with van der Waals surface area (Å²) in [6.45, 7) is 2.01. The summed E-state index contributed by atoms with van der Waals surface area (Å²) in [5.41, 5.74) is 10.5. The summed E-state index contributed by atoms with van der Waals surface area (Å²) in [6, 6.07) is 14.4. The van der Waals surface area contributed by atoms with E-state index >= 15 is 0 Å². The molecule has 0 aliphatic rings. The van der Waals surface area contributed by atoms with Gasteiger partial charge in [-0.15, -0.1) is 16.9 Å². The first-order valence-electron chi connectivity index (χ1n) is 9.36. The van der Waals surface area contributed by atoms with Gasteiger partial charge in [-0.2, -0.15) is 9.78 Å². The lowest BCUT2D eigenvalue weighted by Crippen LogP contribution is -2.20. The van der Waals surface area contributed by atoms with Crippen molar-refractivity contribution in [3.63, 3.8) is 0 Å². The monoisotopic (exact) mass is 450 g/mol. The summed E-state index contributed by atoms with van der Waals surface area (Å²) in [5, 5.41) is 28.8. The van der Waals surface area contributed by atoms with Gasteiger partial charge in [-0.25, -0.2) is 10.1 Å². The number of aryl methyl sites for hydroxylation is 1. The van der Waals surface area contributed by atoms with Gasteiger partial charge in [0.15, 0.2) is 5.69 Å². The number of amides is 1. The SMILES string of the molecule is Cc1ccc(SCc2c(C(=O)N/N=C\c3cccc(O)c3)nnn2-c2nonc2N)cc1. The van der Waals surface area contributed by atoms with Crippen LogP contribution in [-0.2, 0) is 5.75 Å². The van der Waals surface area contributed by atoms with Crippen molar-refractivity contribution in [1.82, 2.24) is 30.7 Å². The molecule has 2 heterocycles. The summed E-state index contributed by atoms with van der Waals surface area (Å²) in [6.07, 6.45) is 1.41. The summed E-state index contributed by atoms with van der Waals surface area (Å²) in [7, 11) is 0. The van der Waals surface area contributed by atoms with Crippen molar-refractivity contribution in [3.05, 3.63) is 71.0 Å². The second kappa shape index (κ2) is 9.31. The zero-order chi connectivity index (χ0) is 22.5. The van der Waals surface area contributed by atoms with Crippen LogP contribution in [0.1, 0.15) is 27.3 Å². The average Bonchev–Trinajstić information content (AvgIpc) is 3.39. The van der Waals surface area contributed by atoms with Gasteiger partial charge < -0.3 is 10.8 Å². The molecule has 162 valence electrons. The predicted octanol–water partition coefficient (Wildman–Crippen LogP) is 2.30. The van der Waals surface area contributed by atoms with Gasteiger partial charge in [0, 0.05) is 10.6 Å². The van der Waals surface area contributed by atoms with Crippen molar-refractivity contribution in [2.45, 2.75) is 17.6 Å². The van der Waals surface area contributed by atoms with Crippen LogP contribution in [0.5, 0.6) is 5.75 Å². The molecule has 11 nitrogen and oxygen atoms in total. The molecule has 32 heavy (non-hydrogen) atoms. The van der Waals surface area contributed by atoms with Crippen LogP contribution in [0.4, 0.5) is 5.82 Å². The maximum Gasteiger partial charge on any atom is 0.293 e. The molecular formula is C20H18N8O3S. The van der Waals surface area contributed by atoms with Gasteiger partial charge in [0.2, 0.25) is 11.6 Å². The molecule has 2 aromatic heterocycles. The second-order valence-corrected chi connectivity index (χ2v) is 7.71. The number of phenols is 1. The van der Waals surface area contributed by atoms with Gasteiger partial charge in [0.25, 0.3) is 5.91 Å². The predicted molar refractivity (Wildman–Crippen MR) is 118 cm³/mol. The lowest BCUT2D eigenvalue weighted by Gasteiger charge is -2.06. The molecule has 0 aliphatic carbocycles. The maximum atomic E-state index is 12.8. The Morgan fingerprint density at radius 2 is 2.09 bits per heavy atom. The van der Waals surface area contributed by atoms with E-state index in [9.17, 15) is 9.90 Å². The molecule has 12 heteroatoms. The van der Waals surface area contributed by atoms with Gasteiger partial charge in [0.05, 0.1) is 11.9 Å². The molecule has 0 radical (unpaired) electrons. The molecule has 1 amide bonds. The number of nitrogen functional groups attached to an aromatic ring is 1. The first-order chi connectivity index (χ1) is 15.5. The van der Waals surface area contributed by atoms with Crippen molar-refractivity contribution in [2.75, 3.05) is 5.73 Å². The van der Waals surface area contributed by atoms with Gasteiger partial charge >= 0.3 is 0 Å². The Labute approximate surface area is 186 Å². The molecule has 4 aromatic rings. The minimum atomic E-state index is -0.567. The quantitative estimate of drug-likeness (QED) is 0.218. The number of anilines is 1.